The van der Waals surface area contributed by atoms with Crippen LogP contribution in [0, 0.1) is 11.6 Å². The number of thiazole rings is 1. The van der Waals surface area contributed by atoms with E-state index >= 15 is 0 Å². The van der Waals surface area contributed by atoms with Crippen LogP contribution in [-0.2, 0) is 0 Å². The smallest absolute Gasteiger partial charge is 0.273 e. The summed E-state index contributed by atoms with van der Waals surface area (Å²) in [7, 11) is 3.75. The number of aromatic nitrogens is 1. The lowest BCUT2D eigenvalue weighted by molar-refractivity contribution is 0.0732. The highest BCUT2D eigenvalue weighted by molar-refractivity contribution is 7.14. The molecule has 6 nitrogen and oxygen atoms in total. The second-order valence-corrected chi connectivity index (χ2v) is 7.10. The first kappa shape index (κ1) is 18.4. The van der Waals surface area contributed by atoms with Gasteiger partial charge >= 0.3 is 0 Å². The first-order chi connectivity index (χ1) is 12.3. The van der Waals surface area contributed by atoms with Gasteiger partial charge in [-0.2, -0.15) is 0 Å². The normalized spacial score (nSPS) is 17.3. The van der Waals surface area contributed by atoms with Gasteiger partial charge in [0.2, 0.25) is 0 Å². The van der Waals surface area contributed by atoms with E-state index in [0.717, 1.165) is 43.0 Å². The molecular formula is C17H18F2N4O2S. The van der Waals surface area contributed by atoms with Gasteiger partial charge in [0.15, 0.2) is 16.8 Å². The molecule has 1 fully saturated rings. The number of anilines is 1. The van der Waals surface area contributed by atoms with E-state index in [0.29, 0.717) is 0 Å². The molecule has 2 amide bonds. The van der Waals surface area contributed by atoms with Crippen LogP contribution in [0.2, 0.25) is 0 Å². The molecule has 0 unspecified atom stereocenters. The summed E-state index contributed by atoms with van der Waals surface area (Å²) in [5, 5.41) is 4.29. The number of nitrogens with one attached hydrogen (secondary N) is 1. The van der Waals surface area contributed by atoms with Crippen molar-refractivity contribution in [1.82, 2.24) is 14.8 Å². The number of benzene rings is 1. The van der Waals surface area contributed by atoms with Gasteiger partial charge < -0.3 is 9.80 Å². The largest absolute Gasteiger partial charge is 0.336 e. The van der Waals surface area contributed by atoms with E-state index in [1.807, 2.05) is 7.05 Å². The van der Waals surface area contributed by atoms with Gasteiger partial charge in [0.25, 0.3) is 11.8 Å². The molecule has 26 heavy (non-hydrogen) atoms. The number of amides is 2. The van der Waals surface area contributed by atoms with Gasteiger partial charge in [-0.3, -0.25) is 14.9 Å². The summed E-state index contributed by atoms with van der Waals surface area (Å²) in [4.78, 5) is 32.6. The van der Waals surface area contributed by atoms with E-state index in [1.165, 1.54) is 6.07 Å². The summed E-state index contributed by atoms with van der Waals surface area (Å²) in [5.41, 5.74) is 0.214. The third kappa shape index (κ3) is 3.88. The first-order valence-electron chi connectivity index (χ1n) is 8.03. The topological polar surface area (TPSA) is 65.5 Å². The number of hydrogen-bond acceptors (Lipinski definition) is 5. The Hall–Kier alpha value is -2.39. The van der Waals surface area contributed by atoms with Crippen molar-refractivity contribution < 1.29 is 18.4 Å². The summed E-state index contributed by atoms with van der Waals surface area (Å²) in [6, 6.07) is 3.01. The number of carbonyl (C=O) groups excluding carboxylic acids is 2. The number of likely N-dealkylation sites (N-methyl/N-ethyl adjacent to an activating group) is 2. The fourth-order valence-corrected chi connectivity index (χ4v) is 3.49. The maximum atomic E-state index is 13.2. The van der Waals surface area contributed by atoms with Crippen LogP contribution in [-0.4, -0.2) is 59.8 Å². The summed E-state index contributed by atoms with van der Waals surface area (Å²) in [6.07, 6.45) is 0.905. The van der Waals surface area contributed by atoms with Gasteiger partial charge in [-0.25, -0.2) is 13.8 Å². The molecule has 1 saturated heterocycles. The first-order valence-corrected chi connectivity index (χ1v) is 8.90. The number of rotatable bonds is 4. The lowest BCUT2D eigenvalue weighted by Crippen LogP contribution is -2.38. The Balaban J connectivity index is 1.66. The van der Waals surface area contributed by atoms with Crippen LogP contribution < -0.4 is 5.32 Å². The number of carbonyl (C=O) groups is 2. The van der Waals surface area contributed by atoms with Crippen molar-refractivity contribution in [3.05, 3.63) is 46.5 Å². The minimum absolute atomic E-state index is 0.0295. The maximum absolute atomic E-state index is 13.2. The van der Waals surface area contributed by atoms with Crippen LogP contribution in [0.4, 0.5) is 13.9 Å². The van der Waals surface area contributed by atoms with E-state index in [1.54, 1.807) is 17.3 Å². The summed E-state index contributed by atoms with van der Waals surface area (Å²) >= 11 is 1.10. The van der Waals surface area contributed by atoms with Crippen molar-refractivity contribution in [3.8, 4) is 0 Å². The molecule has 1 atom stereocenters. The molecule has 1 aromatic heterocycles. The van der Waals surface area contributed by atoms with Gasteiger partial charge in [0, 0.05) is 30.6 Å². The SMILES string of the molecule is CN1CC[C@H](N(C)C(=O)c2csc(NC(=O)c3ccc(F)c(F)c3)n2)C1. The van der Waals surface area contributed by atoms with Gasteiger partial charge in [0.05, 0.1) is 0 Å². The van der Waals surface area contributed by atoms with Gasteiger partial charge in [-0.05, 0) is 38.2 Å². The molecule has 0 aliphatic carbocycles. The molecule has 9 heteroatoms. The fraction of sp³-hybridized carbons (Fsp3) is 0.353. The van der Waals surface area contributed by atoms with E-state index in [2.05, 4.69) is 15.2 Å². The molecule has 1 aliphatic rings. The van der Waals surface area contributed by atoms with Crippen LogP contribution in [0.5, 0.6) is 0 Å². The molecule has 2 aromatic rings. The Morgan fingerprint density at radius 1 is 1.35 bits per heavy atom. The van der Waals surface area contributed by atoms with Gasteiger partial charge in [-0.15, -0.1) is 11.3 Å². The van der Waals surface area contributed by atoms with E-state index in [-0.39, 0.29) is 28.3 Å². The van der Waals surface area contributed by atoms with E-state index < -0.39 is 17.5 Å². The Morgan fingerprint density at radius 2 is 2.12 bits per heavy atom. The zero-order chi connectivity index (χ0) is 18.8. The van der Waals surface area contributed by atoms with Crippen molar-refractivity contribution in [1.29, 1.82) is 0 Å². The number of nitrogens with zero attached hydrogens (tertiary/aromatic N) is 3. The molecule has 0 spiro atoms. The second-order valence-electron chi connectivity index (χ2n) is 6.24. The zero-order valence-electron chi connectivity index (χ0n) is 14.3. The van der Waals surface area contributed by atoms with Crippen molar-refractivity contribution in [2.45, 2.75) is 12.5 Å². The highest BCUT2D eigenvalue weighted by Gasteiger charge is 2.28. The molecular weight excluding hydrogens is 362 g/mol. The Kier molecular flexibility index (Phi) is 5.28. The molecule has 1 N–H and O–H groups in total. The van der Waals surface area contributed by atoms with Crippen LogP contribution in [0.25, 0.3) is 0 Å². The summed E-state index contributed by atoms with van der Waals surface area (Å²) in [6.45, 7) is 1.75. The predicted molar refractivity (Wildman–Crippen MR) is 94.4 cm³/mol. The van der Waals surface area contributed by atoms with Crippen molar-refractivity contribution in [2.75, 3.05) is 32.5 Å². The highest BCUT2D eigenvalue weighted by atomic mass is 32.1. The van der Waals surface area contributed by atoms with Crippen molar-refractivity contribution >= 4 is 28.3 Å². The number of halogens is 2. The third-order valence-electron chi connectivity index (χ3n) is 4.36. The molecule has 0 radical (unpaired) electrons. The second kappa shape index (κ2) is 7.46. The van der Waals surface area contributed by atoms with E-state index in [9.17, 15) is 18.4 Å². The quantitative estimate of drug-likeness (QED) is 0.885. The molecule has 3 rings (SSSR count). The highest BCUT2D eigenvalue weighted by Crippen LogP contribution is 2.20. The molecule has 1 aliphatic heterocycles. The molecule has 138 valence electrons. The summed E-state index contributed by atoms with van der Waals surface area (Å²) in [5.74, 6) is -2.96. The third-order valence-corrected chi connectivity index (χ3v) is 5.12. The lowest BCUT2D eigenvalue weighted by atomic mass is 10.2. The van der Waals surface area contributed by atoms with Crippen LogP contribution in [0.15, 0.2) is 23.6 Å². The lowest BCUT2D eigenvalue weighted by Gasteiger charge is -2.23. The minimum Gasteiger partial charge on any atom is -0.336 e. The average Bonchev–Trinajstić information content (AvgIpc) is 3.25. The number of hydrogen-bond donors (Lipinski definition) is 1. The molecule has 0 saturated carbocycles. The summed E-state index contributed by atoms with van der Waals surface area (Å²) < 4.78 is 26.2. The number of likely N-dealkylation sites (tertiary alicyclic amines) is 1. The minimum atomic E-state index is -1.10. The molecule has 0 bridgehead atoms. The van der Waals surface area contributed by atoms with Crippen LogP contribution >= 0.6 is 11.3 Å². The van der Waals surface area contributed by atoms with Gasteiger partial charge in [-0.1, -0.05) is 0 Å². The fourth-order valence-electron chi connectivity index (χ4n) is 2.81. The maximum Gasteiger partial charge on any atom is 0.273 e. The zero-order valence-corrected chi connectivity index (χ0v) is 15.1. The Labute approximate surface area is 153 Å². The average molecular weight is 380 g/mol. The molecule has 2 heterocycles. The van der Waals surface area contributed by atoms with Crippen LogP contribution in [0.3, 0.4) is 0 Å². The van der Waals surface area contributed by atoms with Crippen LogP contribution in [0.1, 0.15) is 27.3 Å². The standard InChI is InChI=1S/C17H18F2N4O2S/c1-22-6-5-11(8-22)23(2)16(25)14-9-26-17(20-14)21-15(24)10-3-4-12(18)13(19)7-10/h3-4,7,9,11H,5-6,8H2,1-2H3,(H,20,21,24)/t11-/m0/s1. The molecule has 1 aromatic carbocycles. The Bertz CT molecular complexity index is 842. The Morgan fingerprint density at radius 3 is 2.77 bits per heavy atom. The monoisotopic (exact) mass is 380 g/mol. The predicted octanol–water partition coefficient (Wildman–Crippen LogP) is 2.45. The van der Waals surface area contributed by atoms with Crippen molar-refractivity contribution in [3.63, 3.8) is 0 Å². The van der Waals surface area contributed by atoms with E-state index in [4.69, 9.17) is 0 Å². The van der Waals surface area contributed by atoms with Gasteiger partial charge in [0.1, 0.15) is 5.69 Å². The van der Waals surface area contributed by atoms with Crippen molar-refractivity contribution in [2.24, 2.45) is 0 Å².